The number of aromatic nitrogens is 2. The number of pyridine rings is 2. The van der Waals surface area contributed by atoms with Crippen LogP contribution in [0.25, 0.3) is 0 Å². The highest BCUT2D eigenvalue weighted by Crippen LogP contribution is 2.11. The molecule has 0 aliphatic heterocycles. The van der Waals surface area contributed by atoms with Crippen molar-refractivity contribution in [2.75, 3.05) is 0 Å². The number of amides is 1. The summed E-state index contributed by atoms with van der Waals surface area (Å²) in [5.41, 5.74) is 3.26. The standard InChI is InChI=1S/C15H17N3O/c1-10-6-7-13(17-9-10)12(3)18-15(19)14-11(2)5-4-8-16-14/h4-9,12H,1-3H3,(H,18,19)/t12-/m0/s1. The van der Waals surface area contributed by atoms with Gasteiger partial charge in [0.15, 0.2) is 0 Å². The SMILES string of the molecule is Cc1ccc([C@H](C)NC(=O)c2ncccc2C)nc1. The lowest BCUT2D eigenvalue weighted by molar-refractivity contribution is 0.0933. The van der Waals surface area contributed by atoms with Crippen LogP contribution in [-0.4, -0.2) is 15.9 Å². The van der Waals surface area contributed by atoms with Gasteiger partial charge in [-0.05, 0) is 44.0 Å². The molecule has 2 heterocycles. The van der Waals surface area contributed by atoms with Crippen molar-refractivity contribution in [1.29, 1.82) is 0 Å². The van der Waals surface area contributed by atoms with Gasteiger partial charge in [0, 0.05) is 12.4 Å². The van der Waals surface area contributed by atoms with Crippen LogP contribution in [-0.2, 0) is 0 Å². The first-order chi connectivity index (χ1) is 9.08. The van der Waals surface area contributed by atoms with Crippen molar-refractivity contribution in [3.05, 3.63) is 59.2 Å². The summed E-state index contributed by atoms with van der Waals surface area (Å²) in [6, 6.07) is 7.45. The van der Waals surface area contributed by atoms with Gasteiger partial charge in [0.1, 0.15) is 5.69 Å². The van der Waals surface area contributed by atoms with Gasteiger partial charge in [-0.1, -0.05) is 12.1 Å². The van der Waals surface area contributed by atoms with Crippen LogP contribution in [0.1, 0.15) is 40.3 Å². The summed E-state index contributed by atoms with van der Waals surface area (Å²) in [6.45, 7) is 5.77. The molecule has 0 spiro atoms. The Kier molecular flexibility index (Phi) is 3.90. The maximum absolute atomic E-state index is 12.1. The van der Waals surface area contributed by atoms with E-state index in [-0.39, 0.29) is 11.9 Å². The van der Waals surface area contributed by atoms with Gasteiger partial charge in [-0.15, -0.1) is 0 Å². The van der Waals surface area contributed by atoms with E-state index in [0.29, 0.717) is 5.69 Å². The summed E-state index contributed by atoms with van der Waals surface area (Å²) in [4.78, 5) is 20.5. The third kappa shape index (κ3) is 3.16. The molecule has 0 saturated heterocycles. The number of nitrogens with zero attached hydrogens (tertiary/aromatic N) is 2. The van der Waals surface area contributed by atoms with E-state index in [4.69, 9.17) is 0 Å². The third-order valence-corrected chi connectivity index (χ3v) is 2.95. The van der Waals surface area contributed by atoms with Crippen molar-refractivity contribution in [1.82, 2.24) is 15.3 Å². The van der Waals surface area contributed by atoms with Gasteiger partial charge >= 0.3 is 0 Å². The molecule has 0 aromatic carbocycles. The summed E-state index contributed by atoms with van der Waals surface area (Å²) in [5, 5.41) is 2.91. The van der Waals surface area contributed by atoms with Gasteiger partial charge in [0.05, 0.1) is 11.7 Å². The Morgan fingerprint density at radius 2 is 2.00 bits per heavy atom. The normalized spacial score (nSPS) is 11.9. The van der Waals surface area contributed by atoms with E-state index in [0.717, 1.165) is 16.8 Å². The van der Waals surface area contributed by atoms with Crippen LogP contribution >= 0.6 is 0 Å². The number of carbonyl (C=O) groups is 1. The van der Waals surface area contributed by atoms with Gasteiger partial charge in [0.25, 0.3) is 5.91 Å². The average Bonchev–Trinajstić information content (AvgIpc) is 2.39. The highest BCUT2D eigenvalue weighted by molar-refractivity contribution is 5.93. The first kappa shape index (κ1) is 13.2. The molecule has 0 radical (unpaired) electrons. The zero-order valence-corrected chi connectivity index (χ0v) is 11.3. The van der Waals surface area contributed by atoms with Crippen LogP contribution in [0, 0.1) is 13.8 Å². The fraction of sp³-hybridized carbons (Fsp3) is 0.267. The average molecular weight is 255 g/mol. The van der Waals surface area contributed by atoms with E-state index in [1.54, 1.807) is 12.4 Å². The van der Waals surface area contributed by atoms with E-state index in [1.807, 2.05) is 45.0 Å². The molecule has 0 unspecified atom stereocenters. The number of hydrogen-bond acceptors (Lipinski definition) is 3. The van der Waals surface area contributed by atoms with E-state index in [2.05, 4.69) is 15.3 Å². The first-order valence-corrected chi connectivity index (χ1v) is 6.23. The maximum atomic E-state index is 12.1. The Balaban J connectivity index is 2.11. The lowest BCUT2D eigenvalue weighted by atomic mass is 10.1. The van der Waals surface area contributed by atoms with E-state index < -0.39 is 0 Å². The molecule has 0 bridgehead atoms. The monoisotopic (exact) mass is 255 g/mol. The quantitative estimate of drug-likeness (QED) is 0.917. The second-order valence-electron chi connectivity index (χ2n) is 4.62. The largest absolute Gasteiger partial charge is 0.343 e. The molecular formula is C15H17N3O. The molecule has 2 aromatic rings. The van der Waals surface area contributed by atoms with Gasteiger partial charge in [0.2, 0.25) is 0 Å². The molecule has 2 aromatic heterocycles. The molecule has 0 aliphatic rings. The van der Waals surface area contributed by atoms with Crippen molar-refractivity contribution >= 4 is 5.91 Å². The molecule has 0 aliphatic carbocycles. The number of rotatable bonds is 3. The lowest BCUT2D eigenvalue weighted by Gasteiger charge is -2.14. The minimum absolute atomic E-state index is 0.144. The summed E-state index contributed by atoms with van der Waals surface area (Å²) in [5.74, 6) is -0.173. The fourth-order valence-electron chi connectivity index (χ4n) is 1.80. The molecule has 19 heavy (non-hydrogen) atoms. The van der Waals surface area contributed by atoms with Gasteiger partial charge in [-0.2, -0.15) is 0 Å². The summed E-state index contributed by atoms with van der Waals surface area (Å²) in [7, 11) is 0. The molecular weight excluding hydrogens is 238 g/mol. The van der Waals surface area contributed by atoms with Crippen LogP contribution in [0.2, 0.25) is 0 Å². The zero-order valence-electron chi connectivity index (χ0n) is 11.3. The molecule has 4 heteroatoms. The molecule has 98 valence electrons. The molecule has 0 fully saturated rings. The number of hydrogen-bond donors (Lipinski definition) is 1. The second-order valence-corrected chi connectivity index (χ2v) is 4.62. The van der Waals surface area contributed by atoms with Gasteiger partial charge in [-0.25, -0.2) is 0 Å². The minimum atomic E-state index is -0.173. The predicted octanol–water partition coefficient (Wildman–Crippen LogP) is 2.58. The van der Waals surface area contributed by atoms with E-state index >= 15 is 0 Å². The minimum Gasteiger partial charge on any atom is -0.343 e. The Morgan fingerprint density at radius 3 is 2.63 bits per heavy atom. The zero-order chi connectivity index (χ0) is 13.8. The van der Waals surface area contributed by atoms with Crippen LogP contribution in [0.3, 0.4) is 0 Å². The van der Waals surface area contributed by atoms with E-state index in [1.165, 1.54) is 0 Å². The molecule has 1 atom stereocenters. The predicted molar refractivity (Wildman–Crippen MR) is 73.8 cm³/mol. The molecule has 4 nitrogen and oxygen atoms in total. The number of nitrogens with one attached hydrogen (secondary N) is 1. The second kappa shape index (κ2) is 5.61. The van der Waals surface area contributed by atoms with Crippen LogP contribution in [0.15, 0.2) is 36.7 Å². The number of carbonyl (C=O) groups excluding carboxylic acids is 1. The highest BCUT2D eigenvalue weighted by atomic mass is 16.1. The van der Waals surface area contributed by atoms with Crippen molar-refractivity contribution in [3.63, 3.8) is 0 Å². The van der Waals surface area contributed by atoms with E-state index in [9.17, 15) is 4.79 Å². The Hall–Kier alpha value is -2.23. The lowest BCUT2D eigenvalue weighted by Crippen LogP contribution is -2.28. The van der Waals surface area contributed by atoms with Gasteiger partial charge in [-0.3, -0.25) is 14.8 Å². The van der Waals surface area contributed by atoms with Crippen LogP contribution < -0.4 is 5.32 Å². The topological polar surface area (TPSA) is 54.9 Å². The molecule has 1 amide bonds. The summed E-state index contributed by atoms with van der Waals surface area (Å²) >= 11 is 0. The molecule has 2 rings (SSSR count). The highest BCUT2D eigenvalue weighted by Gasteiger charge is 2.14. The van der Waals surface area contributed by atoms with Gasteiger partial charge < -0.3 is 5.32 Å². The Morgan fingerprint density at radius 1 is 1.21 bits per heavy atom. The third-order valence-electron chi connectivity index (χ3n) is 2.95. The Labute approximate surface area is 112 Å². The fourth-order valence-corrected chi connectivity index (χ4v) is 1.80. The maximum Gasteiger partial charge on any atom is 0.270 e. The Bertz CT molecular complexity index is 578. The number of aryl methyl sites for hydroxylation is 2. The van der Waals surface area contributed by atoms with Crippen molar-refractivity contribution in [2.24, 2.45) is 0 Å². The first-order valence-electron chi connectivity index (χ1n) is 6.23. The summed E-state index contributed by atoms with van der Waals surface area (Å²) in [6.07, 6.45) is 3.42. The van der Waals surface area contributed by atoms with Crippen molar-refractivity contribution in [3.8, 4) is 0 Å². The smallest absolute Gasteiger partial charge is 0.270 e. The molecule has 1 N–H and O–H groups in total. The van der Waals surface area contributed by atoms with Crippen LogP contribution in [0.4, 0.5) is 0 Å². The molecule has 0 saturated carbocycles. The van der Waals surface area contributed by atoms with Crippen LogP contribution in [0.5, 0.6) is 0 Å². The van der Waals surface area contributed by atoms with Crippen molar-refractivity contribution < 1.29 is 4.79 Å². The summed E-state index contributed by atoms with van der Waals surface area (Å²) < 4.78 is 0. The van der Waals surface area contributed by atoms with Crippen molar-refractivity contribution in [2.45, 2.75) is 26.8 Å².